The van der Waals surface area contributed by atoms with Crippen molar-refractivity contribution in [1.29, 1.82) is 0 Å². The predicted molar refractivity (Wildman–Crippen MR) is 67.0 cm³/mol. The molecular weight excluding hydrogens is 241 g/mol. The van der Waals surface area contributed by atoms with Crippen LogP contribution in [0.15, 0.2) is 22.7 Å². The van der Waals surface area contributed by atoms with Gasteiger partial charge in [-0.15, -0.1) is 12.4 Å². The second-order valence-corrected chi connectivity index (χ2v) is 4.54. The lowest BCUT2D eigenvalue weighted by atomic mass is 9.86. The Morgan fingerprint density at radius 1 is 1.18 bits per heavy atom. The summed E-state index contributed by atoms with van der Waals surface area (Å²) in [5, 5.41) is 4.97. The highest BCUT2D eigenvalue weighted by atomic mass is 35.5. The van der Waals surface area contributed by atoms with E-state index in [0.29, 0.717) is 11.5 Å². The lowest BCUT2D eigenvalue weighted by molar-refractivity contribution is 0.396. The van der Waals surface area contributed by atoms with Gasteiger partial charge in [-0.05, 0) is 31.0 Å². The Hall–Kier alpha value is -1.09. The number of nitrogens with zero attached hydrogens (tertiary/aromatic N) is 1. The van der Waals surface area contributed by atoms with E-state index in [1.807, 2.05) is 0 Å². The van der Waals surface area contributed by atoms with Crippen LogP contribution in [0.4, 0.5) is 4.39 Å². The lowest BCUT2D eigenvalue weighted by Gasteiger charge is -2.19. The number of rotatable bonds is 1. The minimum atomic E-state index is -0.215. The maximum absolute atomic E-state index is 13.2. The van der Waals surface area contributed by atoms with Crippen molar-refractivity contribution in [1.82, 2.24) is 5.16 Å². The van der Waals surface area contributed by atoms with Crippen LogP contribution in [-0.4, -0.2) is 5.16 Å². The maximum atomic E-state index is 13.2. The Labute approximate surface area is 106 Å². The summed E-state index contributed by atoms with van der Waals surface area (Å²) in [4.78, 5) is 0. The van der Waals surface area contributed by atoms with Crippen LogP contribution < -0.4 is 0 Å². The van der Waals surface area contributed by atoms with Crippen LogP contribution >= 0.6 is 12.4 Å². The number of aromatic nitrogens is 1. The van der Waals surface area contributed by atoms with Gasteiger partial charge < -0.3 is 4.52 Å². The fourth-order valence-corrected chi connectivity index (χ4v) is 2.60. The summed E-state index contributed by atoms with van der Waals surface area (Å²) < 4.78 is 18.4. The number of hydrogen-bond acceptors (Lipinski definition) is 2. The van der Waals surface area contributed by atoms with E-state index >= 15 is 0 Å². The molecule has 1 aromatic heterocycles. The van der Waals surface area contributed by atoms with E-state index in [1.54, 1.807) is 6.07 Å². The normalized spacial score (nSPS) is 17.0. The fraction of sp³-hybridized carbons (Fsp3) is 0.462. The number of benzene rings is 1. The smallest absolute Gasteiger partial charge is 0.167 e. The number of hydrogen-bond donors (Lipinski definition) is 0. The van der Waals surface area contributed by atoms with E-state index in [1.165, 1.54) is 31.4 Å². The number of fused-ring (bicyclic) bond motifs is 1. The molecule has 2 nitrogen and oxygen atoms in total. The Kier molecular flexibility index (Phi) is 3.67. The van der Waals surface area contributed by atoms with Crippen molar-refractivity contribution in [2.45, 2.75) is 38.0 Å². The van der Waals surface area contributed by atoms with Gasteiger partial charge in [0.05, 0.1) is 5.69 Å². The van der Waals surface area contributed by atoms with Crippen molar-refractivity contribution in [3.8, 4) is 0 Å². The average molecular weight is 256 g/mol. The van der Waals surface area contributed by atoms with E-state index in [0.717, 1.165) is 23.9 Å². The minimum Gasteiger partial charge on any atom is -0.356 e. The third-order valence-corrected chi connectivity index (χ3v) is 3.45. The van der Waals surface area contributed by atoms with Crippen molar-refractivity contribution in [3.63, 3.8) is 0 Å². The molecule has 0 bridgehead atoms. The average Bonchev–Trinajstić information content (AvgIpc) is 2.73. The first-order valence-corrected chi connectivity index (χ1v) is 5.89. The molecule has 4 heteroatoms. The van der Waals surface area contributed by atoms with Crippen molar-refractivity contribution >= 4 is 23.4 Å². The largest absolute Gasteiger partial charge is 0.356 e. The molecule has 0 N–H and O–H groups in total. The van der Waals surface area contributed by atoms with Gasteiger partial charge in [0, 0.05) is 11.3 Å². The van der Waals surface area contributed by atoms with Crippen LogP contribution in [0.2, 0.25) is 0 Å². The molecule has 0 atom stereocenters. The summed E-state index contributed by atoms with van der Waals surface area (Å²) >= 11 is 0. The molecule has 1 aromatic carbocycles. The molecule has 1 aliphatic carbocycles. The second-order valence-electron chi connectivity index (χ2n) is 4.54. The predicted octanol–water partition coefficient (Wildman–Crippen LogP) is 4.44. The summed E-state index contributed by atoms with van der Waals surface area (Å²) in [7, 11) is 0. The molecule has 0 unspecified atom stereocenters. The van der Waals surface area contributed by atoms with Gasteiger partial charge in [-0.1, -0.05) is 24.4 Å². The molecule has 1 saturated carbocycles. The van der Waals surface area contributed by atoms with Gasteiger partial charge in [0.15, 0.2) is 5.58 Å². The van der Waals surface area contributed by atoms with Crippen molar-refractivity contribution in [3.05, 3.63) is 29.7 Å². The molecule has 1 fully saturated rings. The van der Waals surface area contributed by atoms with E-state index in [2.05, 4.69) is 5.16 Å². The zero-order valence-electron chi connectivity index (χ0n) is 9.49. The summed E-state index contributed by atoms with van der Waals surface area (Å²) in [5.74, 6) is 0.240. The highest BCUT2D eigenvalue weighted by Crippen LogP contribution is 2.35. The molecule has 0 aliphatic heterocycles. The Morgan fingerprint density at radius 3 is 2.71 bits per heavy atom. The summed E-state index contributed by atoms with van der Waals surface area (Å²) in [6.07, 6.45) is 6.10. The number of halogens is 2. The van der Waals surface area contributed by atoms with Gasteiger partial charge in [0.2, 0.25) is 0 Å². The van der Waals surface area contributed by atoms with Crippen molar-refractivity contribution in [2.75, 3.05) is 0 Å². The van der Waals surface area contributed by atoms with E-state index < -0.39 is 0 Å². The molecule has 0 spiro atoms. The maximum Gasteiger partial charge on any atom is 0.167 e. The first-order chi connectivity index (χ1) is 7.84. The van der Waals surface area contributed by atoms with Crippen LogP contribution in [0.3, 0.4) is 0 Å². The zero-order chi connectivity index (χ0) is 11.0. The van der Waals surface area contributed by atoms with E-state index in [9.17, 15) is 4.39 Å². The molecule has 0 amide bonds. The Balaban J connectivity index is 0.00000108. The van der Waals surface area contributed by atoms with Crippen LogP contribution in [0.25, 0.3) is 11.0 Å². The van der Waals surface area contributed by atoms with E-state index in [-0.39, 0.29) is 18.2 Å². The molecule has 1 aliphatic rings. The fourth-order valence-electron chi connectivity index (χ4n) is 2.60. The van der Waals surface area contributed by atoms with Gasteiger partial charge in [-0.25, -0.2) is 4.39 Å². The van der Waals surface area contributed by atoms with E-state index in [4.69, 9.17) is 4.52 Å². The molecule has 17 heavy (non-hydrogen) atoms. The highest BCUT2D eigenvalue weighted by Gasteiger charge is 2.21. The SMILES string of the molecule is Cl.Fc1ccc2onc(C3CCCCC3)c2c1. The molecule has 0 radical (unpaired) electrons. The Morgan fingerprint density at radius 2 is 1.94 bits per heavy atom. The van der Waals surface area contributed by atoms with Crippen LogP contribution in [-0.2, 0) is 0 Å². The molecular formula is C13H15ClFNO. The summed E-state index contributed by atoms with van der Waals surface area (Å²) in [6.45, 7) is 0. The van der Waals surface area contributed by atoms with Crippen LogP contribution in [0.5, 0.6) is 0 Å². The molecule has 92 valence electrons. The van der Waals surface area contributed by atoms with Gasteiger partial charge in [-0.3, -0.25) is 0 Å². The monoisotopic (exact) mass is 255 g/mol. The zero-order valence-corrected chi connectivity index (χ0v) is 10.3. The third kappa shape index (κ3) is 2.29. The lowest BCUT2D eigenvalue weighted by Crippen LogP contribution is -2.05. The van der Waals surface area contributed by atoms with Crippen LogP contribution in [0, 0.1) is 5.82 Å². The Bertz CT molecular complexity index is 505. The third-order valence-electron chi connectivity index (χ3n) is 3.45. The second kappa shape index (κ2) is 5.05. The van der Waals surface area contributed by atoms with Crippen LogP contribution in [0.1, 0.15) is 43.7 Å². The van der Waals surface area contributed by atoms with Crippen molar-refractivity contribution in [2.24, 2.45) is 0 Å². The van der Waals surface area contributed by atoms with Gasteiger partial charge >= 0.3 is 0 Å². The van der Waals surface area contributed by atoms with Crippen molar-refractivity contribution < 1.29 is 8.91 Å². The molecule has 3 rings (SSSR count). The first-order valence-electron chi connectivity index (χ1n) is 5.89. The summed E-state index contributed by atoms with van der Waals surface area (Å²) in [5.41, 5.74) is 1.65. The topological polar surface area (TPSA) is 26.0 Å². The molecule has 1 heterocycles. The highest BCUT2D eigenvalue weighted by molar-refractivity contribution is 5.85. The minimum absolute atomic E-state index is 0. The van der Waals surface area contributed by atoms with Gasteiger partial charge in [0.1, 0.15) is 5.82 Å². The standard InChI is InChI=1S/C13H14FNO.ClH/c14-10-6-7-12-11(8-10)13(15-16-12)9-4-2-1-3-5-9;/h6-9H,1-5H2;1H. The molecule has 2 aromatic rings. The van der Waals surface area contributed by atoms with Gasteiger partial charge in [0.25, 0.3) is 0 Å². The first kappa shape index (κ1) is 12.4. The quantitative estimate of drug-likeness (QED) is 0.753. The van der Waals surface area contributed by atoms with Gasteiger partial charge in [-0.2, -0.15) is 0 Å². The summed E-state index contributed by atoms with van der Waals surface area (Å²) in [6, 6.07) is 4.61. The molecule has 0 saturated heterocycles.